The maximum atomic E-state index is 6.84. The molecule has 1 atom stereocenters. The van der Waals surface area contributed by atoms with Gasteiger partial charge in [0, 0.05) is 32.0 Å². The highest BCUT2D eigenvalue weighted by molar-refractivity contribution is 7.22. The summed E-state index contributed by atoms with van der Waals surface area (Å²) in [5.74, 6) is 0. The van der Waals surface area contributed by atoms with Gasteiger partial charge in [-0.15, -0.1) is 11.3 Å². The fraction of sp³-hybridized carbons (Fsp3) is 0.0208. The number of nitrogens with zero attached hydrogens (tertiary/aromatic N) is 1. The van der Waals surface area contributed by atoms with Crippen LogP contribution in [0.5, 0.6) is 0 Å². The number of fused-ring (bicyclic) bond motifs is 8. The Morgan fingerprint density at radius 1 is 0.500 bits per heavy atom. The van der Waals surface area contributed by atoms with E-state index >= 15 is 0 Å². The first-order chi connectivity index (χ1) is 25.7. The zero-order valence-corrected chi connectivity index (χ0v) is 28.8. The molecule has 244 valence electrons. The van der Waals surface area contributed by atoms with Crippen LogP contribution in [0.4, 0.5) is 5.69 Å². The van der Waals surface area contributed by atoms with Crippen molar-refractivity contribution in [1.29, 1.82) is 0 Å². The van der Waals surface area contributed by atoms with Crippen LogP contribution >= 0.6 is 11.3 Å². The van der Waals surface area contributed by atoms with Crippen LogP contribution < -0.4 is 5.32 Å². The third-order valence-corrected chi connectivity index (χ3v) is 11.7. The first-order valence-electron chi connectivity index (χ1n) is 17.6. The average Bonchev–Trinajstić information content (AvgIpc) is 3.77. The second-order valence-corrected chi connectivity index (χ2v) is 14.6. The van der Waals surface area contributed by atoms with Crippen LogP contribution in [0.25, 0.3) is 75.8 Å². The summed E-state index contributed by atoms with van der Waals surface area (Å²) in [4.78, 5) is 6.67. The monoisotopic (exact) mass is 682 g/mol. The summed E-state index contributed by atoms with van der Waals surface area (Å²) in [5.41, 5.74) is 10.7. The predicted octanol–water partition coefficient (Wildman–Crippen LogP) is 13.4. The van der Waals surface area contributed by atoms with Gasteiger partial charge < -0.3 is 9.73 Å². The van der Waals surface area contributed by atoms with E-state index in [2.05, 4.69) is 175 Å². The molecule has 2 aromatic heterocycles. The van der Waals surface area contributed by atoms with Gasteiger partial charge in [-0.2, -0.15) is 0 Å². The van der Waals surface area contributed by atoms with Crippen molar-refractivity contribution in [1.82, 2.24) is 0 Å². The van der Waals surface area contributed by atoms with Crippen molar-refractivity contribution in [2.75, 3.05) is 5.32 Å². The minimum atomic E-state index is -0.368. The lowest BCUT2D eigenvalue weighted by atomic mass is 9.94. The number of hydrogen-bond acceptors (Lipinski definition) is 4. The largest absolute Gasteiger partial charge is 0.456 e. The molecule has 52 heavy (non-hydrogen) atoms. The lowest BCUT2D eigenvalue weighted by Gasteiger charge is -2.25. The Morgan fingerprint density at radius 3 is 2.04 bits per heavy atom. The molecule has 1 aliphatic rings. The van der Waals surface area contributed by atoms with E-state index in [0.717, 1.165) is 65.9 Å². The van der Waals surface area contributed by atoms with Crippen LogP contribution in [0.1, 0.15) is 22.2 Å². The minimum Gasteiger partial charge on any atom is -0.456 e. The molecule has 0 saturated carbocycles. The number of furan rings is 1. The molecule has 0 spiro atoms. The Labute approximate surface area is 304 Å². The quantitative estimate of drug-likeness (QED) is 0.201. The van der Waals surface area contributed by atoms with Crippen LogP contribution in [0.2, 0.25) is 0 Å². The maximum absolute atomic E-state index is 6.84. The van der Waals surface area contributed by atoms with E-state index in [9.17, 15) is 0 Å². The van der Waals surface area contributed by atoms with Gasteiger partial charge in [0.15, 0.2) is 0 Å². The molecule has 0 amide bonds. The number of hydrogen-bond donors (Lipinski definition) is 1. The molecule has 0 fully saturated rings. The summed E-state index contributed by atoms with van der Waals surface area (Å²) < 4.78 is 8.09. The predicted molar refractivity (Wildman–Crippen MR) is 220 cm³/mol. The van der Waals surface area contributed by atoms with E-state index in [0.29, 0.717) is 0 Å². The van der Waals surface area contributed by atoms with Crippen LogP contribution in [0.3, 0.4) is 0 Å². The summed E-state index contributed by atoms with van der Waals surface area (Å²) in [6.45, 7) is 0. The van der Waals surface area contributed by atoms with Crippen molar-refractivity contribution in [3.63, 3.8) is 0 Å². The van der Waals surface area contributed by atoms with Gasteiger partial charge in [0.25, 0.3) is 0 Å². The normalized spacial score (nSPS) is 14.2. The lowest BCUT2D eigenvalue weighted by Crippen LogP contribution is -2.19. The first kappa shape index (κ1) is 29.3. The number of aliphatic imine (C=N–C) groups is 1. The van der Waals surface area contributed by atoms with Crippen LogP contribution in [-0.2, 0) is 0 Å². The number of thiophene rings is 1. The Kier molecular flexibility index (Phi) is 6.48. The lowest BCUT2D eigenvalue weighted by molar-refractivity contribution is 0.656. The van der Waals surface area contributed by atoms with Gasteiger partial charge in [-0.25, -0.2) is 0 Å². The first-order valence-corrected chi connectivity index (χ1v) is 18.5. The van der Waals surface area contributed by atoms with Gasteiger partial charge in [0.2, 0.25) is 0 Å². The van der Waals surface area contributed by atoms with Gasteiger partial charge in [-0.1, -0.05) is 140 Å². The van der Waals surface area contributed by atoms with Gasteiger partial charge in [0.05, 0.1) is 16.3 Å². The zero-order valence-electron chi connectivity index (χ0n) is 28.0. The molecular weight excluding hydrogens is 653 g/mol. The SMILES string of the molecule is c1ccc(C2=NC(c3cc(-c4ccc(-c5cccc6ccccc56)cc4)cc4c3oc3cc5ccccc5cc34)Nc3c2sc2ccccc32)cc1. The molecule has 3 heterocycles. The van der Waals surface area contributed by atoms with Gasteiger partial charge in [0.1, 0.15) is 17.3 Å². The fourth-order valence-electron chi connectivity index (χ4n) is 7.94. The Hall–Kier alpha value is -6.49. The number of anilines is 1. The zero-order chi connectivity index (χ0) is 34.2. The third-order valence-electron chi connectivity index (χ3n) is 10.5. The molecule has 1 aliphatic heterocycles. The molecule has 0 saturated heterocycles. The number of rotatable bonds is 4. The number of benzene rings is 8. The van der Waals surface area contributed by atoms with E-state index in [1.165, 1.54) is 37.4 Å². The molecule has 3 nitrogen and oxygen atoms in total. The summed E-state index contributed by atoms with van der Waals surface area (Å²) >= 11 is 1.79. The fourth-order valence-corrected chi connectivity index (χ4v) is 9.12. The topological polar surface area (TPSA) is 37.5 Å². The Balaban J connectivity index is 1.13. The van der Waals surface area contributed by atoms with E-state index in [-0.39, 0.29) is 6.17 Å². The molecule has 0 aliphatic carbocycles. The standard InChI is InChI=1S/C48H30N2OS/c1-2-12-32(13-3-1)44-47-45(38-18-8-9-20-43(38)52-47)50-48(49-44)41-27-35(26-40-39-25-33-14-4-5-15-34(33)28-42(39)51-46(40)41)29-21-23-31(24-22-29)37-19-10-16-30-11-6-7-17-36(30)37/h1-28,48,50H. The second kappa shape index (κ2) is 11.5. The van der Waals surface area contributed by atoms with Crippen molar-refractivity contribution < 1.29 is 4.42 Å². The highest BCUT2D eigenvalue weighted by Gasteiger charge is 2.29. The highest BCUT2D eigenvalue weighted by Crippen LogP contribution is 2.46. The van der Waals surface area contributed by atoms with Gasteiger partial charge in [-0.3, -0.25) is 4.99 Å². The third kappa shape index (κ3) is 4.62. The molecule has 8 aromatic carbocycles. The van der Waals surface area contributed by atoms with Crippen molar-refractivity contribution in [2.24, 2.45) is 4.99 Å². The van der Waals surface area contributed by atoms with E-state index in [1.807, 2.05) is 0 Å². The van der Waals surface area contributed by atoms with Crippen molar-refractivity contribution >= 4 is 76.3 Å². The minimum absolute atomic E-state index is 0.368. The maximum Gasteiger partial charge on any atom is 0.149 e. The number of nitrogens with one attached hydrogen (secondary N) is 1. The van der Waals surface area contributed by atoms with Gasteiger partial charge in [-0.05, 0) is 74.1 Å². The summed E-state index contributed by atoms with van der Waals surface area (Å²) in [7, 11) is 0. The van der Waals surface area contributed by atoms with Crippen LogP contribution in [0.15, 0.2) is 179 Å². The summed E-state index contributed by atoms with van der Waals surface area (Å²) in [5, 5.41) is 12.2. The van der Waals surface area contributed by atoms with Crippen LogP contribution in [0, 0.1) is 0 Å². The van der Waals surface area contributed by atoms with Crippen LogP contribution in [-0.4, -0.2) is 5.71 Å². The molecular formula is C48H30N2OS. The smallest absolute Gasteiger partial charge is 0.149 e. The van der Waals surface area contributed by atoms with E-state index < -0.39 is 0 Å². The Bertz CT molecular complexity index is 3040. The Morgan fingerprint density at radius 2 is 1.19 bits per heavy atom. The summed E-state index contributed by atoms with van der Waals surface area (Å²) in [6.07, 6.45) is -0.368. The molecule has 1 unspecified atom stereocenters. The molecule has 0 radical (unpaired) electrons. The van der Waals surface area contributed by atoms with Crippen molar-refractivity contribution in [3.05, 3.63) is 186 Å². The van der Waals surface area contributed by atoms with E-state index in [4.69, 9.17) is 9.41 Å². The highest BCUT2D eigenvalue weighted by atomic mass is 32.1. The van der Waals surface area contributed by atoms with Crippen molar-refractivity contribution in [3.8, 4) is 22.3 Å². The molecule has 4 heteroatoms. The average molecular weight is 683 g/mol. The van der Waals surface area contributed by atoms with Gasteiger partial charge >= 0.3 is 0 Å². The summed E-state index contributed by atoms with van der Waals surface area (Å²) in [6, 6.07) is 60.8. The second-order valence-electron chi connectivity index (χ2n) is 13.5. The van der Waals surface area contributed by atoms with Crippen molar-refractivity contribution in [2.45, 2.75) is 6.17 Å². The molecule has 1 N–H and O–H groups in total. The molecule has 0 bridgehead atoms. The van der Waals surface area contributed by atoms with E-state index in [1.54, 1.807) is 11.3 Å². The molecule has 11 rings (SSSR count). The molecule has 10 aromatic rings.